The number of carbonyl (C=O) groups is 1. The molecule has 0 aromatic heterocycles. The molecule has 0 radical (unpaired) electrons. The number of carbonyl (C=O) groups excluding carboxylic acids is 1. The van der Waals surface area contributed by atoms with Gasteiger partial charge in [-0.3, -0.25) is 4.79 Å². The maximum Gasteiger partial charge on any atom is 0.216 e. The standard InChI is InChI=1S/C21H43NO5/c1-6-9-12-24-16-20(26-14-11-8-3)21(17-25-13-10-7-2)27-18(4)15-22-19(5)23/h18,20-21H,6-17H2,1-5H3,(H,22,23)/t18?,20-,21?/m0/s1. The van der Waals surface area contributed by atoms with Crippen LogP contribution in [0.1, 0.15) is 73.1 Å². The Bertz CT molecular complexity index is 341. The van der Waals surface area contributed by atoms with Gasteiger partial charge in [-0.15, -0.1) is 0 Å². The summed E-state index contributed by atoms with van der Waals surface area (Å²) in [4.78, 5) is 11.2. The third kappa shape index (κ3) is 16.0. The second-order valence-electron chi connectivity index (χ2n) is 7.04. The quantitative estimate of drug-likeness (QED) is 0.341. The van der Waals surface area contributed by atoms with E-state index in [9.17, 15) is 4.79 Å². The van der Waals surface area contributed by atoms with E-state index >= 15 is 0 Å². The average Bonchev–Trinajstić information content (AvgIpc) is 2.64. The molecular weight excluding hydrogens is 346 g/mol. The molecule has 162 valence electrons. The van der Waals surface area contributed by atoms with Crippen molar-refractivity contribution in [1.82, 2.24) is 5.32 Å². The van der Waals surface area contributed by atoms with Gasteiger partial charge >= 0.3 is 0 Å². The third-order valence-electron chi connectivity index (χ3n) is 4.14. The lowest BCUT2D eigenvalue weighted by Crippen LogP contribution is -2.43. The first-order valence-corrected chi connectivity index (χ1v) is 10.7. The summed E-state index contributed by atoms with van der Waals surface area (Å²) in [5, 5.41) is 2.80. The van der Waals surface area contributed by atoms with Gasteiger partial charge in [-0.25, -0.2) is 0 Å². The first-order valence-electron chi connectivity index (χ1n) is 10.7. The average molecular weight is 390 g/mol. The second-order valence-corrected chi connectivity index (χ2v) is 7.04. The largest absolute Gasteiger partial charge is 0.379 e. The van der Waals surface area contributed by atoms with Gasteiger partial charge in [-0.1, -0.05) is 40.0 Å². The van der Waals surface area contributed by atoms with Gasteiger partial charge in [0.25, 0.3) is 0 Å². The van der Waals surface area contributed by atoms with Gasteiger partial charge in [0.1, 0.15) is 12.2 Å². The van der Waals surface area contributed by atoms with Gasteiger partial charge in [0.15, 0.2) is 0 Å². The summed E-state index contributed by atoms with van der Waals surface area (Å²) in [5.74, 6) is -0.0557. The molecule has 1 N–H and O–H groups in total. The van der Waals surface area contributed by atoms with Crippen LogP contribution < -0.4 is 5.32 Å². The molecule has 0 fully saturated rings. The molecule has 1 amide bonds. The van der Waals surface area contributed by atoms with Crippen molar-refractivity contribution in [3.05, 3.63) is 0 Å². The summed E-state index contributed by atoms with van der Waals surface area (Å²) in [6, 6.07) is 0. The molecule has 0 aliphatic carbocycles. The fraction of sp³-hybridized carbons (Fsp3) is 0.952. The zero-order valence-electron chi connectivity index (χ0n) is 18.3. The molecule has 0 heterocycles. The molecule has 0 spiro atoms. The molecule has 0 aromatic carbocycles. The zero-order valence-corrected chi connectivity index (χ0v) is 18.3. The van der Waals surface area contributed by atoms with Crippen LogP contribution in [-0.4, -0.2) is 63.8 Å². The van der Waals surface area contributed by atoms with E-state index in [1.165, 1.54) is 6.92 Å². The Morgan fingerprint density at radius 3 is 1.89 bits per heavy atom. The molecule has 27 heavy (non-hydrogen) atoms. The topological polar surface area (TPSA) is 66.0 Å². The molecule has 0 saturated carbocycles. The maximum atomic E-state index is 11.2. The fourth-order valence-electron chi connectivity index (χ4n) is 2.40. The Labute approximate surface area is 166 Å². The molecule has 6 heteroatoms. The molecular formula is C21H43NO5. The predicted molar refractivity (Wildman–Crippen MR) is 109 cm³/mol. The minimum absolute atomic E-state index is 0.0557. The van der Waals surface area contributed by atoms with E-state index in [0.717, 1.165) is 51.7 Å². The molecule has 2 unspecified atom stereocenters. The van der Waals surface area contributed by atoms with Gasteiger partial charge in [-0.2, -0.15) is 0 Å². The van der Waals surface area contributed by atoms with Gasteiger partial charge < -0.3 is 24.3 Å². The highest BCUT2D eigenvalue weighted by atomic mass is 16.6. The summed E-state index contributed by atoms with van der Waals surface area (Å²) in [6.45, 7) is 13.5. The number of hydrogen-bond acceptors (Lipinski definition) is 5. The van der Waals surface area contributed by atoms with E-state index in [1.807, 2.05) is 6.92 Å². The molecule has 0 aliphatic rings. The normalized spacial score (nSPS) is 14.7. The monoisotopic (exact) mass is 389 g/mol. The van der Waals surface area contributed by atoms with E-state index in [0.29, 0.717) is 26.4 Å². The van der Waals surface area contributed by atoms with Crippen LogP contribution in [0.4, 0.5) is 0 Å². The summed E-state index contributed by atoms with van der Waals surface area (Å²) < 4.78 is 23.9. The Kier molecular flexibility index (Phi) is 18.2. The van der Waals surface area contributed by atoms with Crippen molar-refractivity contribution in [3.63, 3.8) is 0 Å². The lowest BCUT2D eigenvalue weighted by atomic mass is 10.2. The van der Waals surface area contributed by atoms with Crippen molar-refractivity contribution < 1.29 is 23.7 Å². The smallest absolute Gasteiger partial charge is 0.216 e. The number of unbranched alkanes of at least 4 members (excludes halogenated alkanes) is 3. The Hall–Kier alpha value is -0.690. The zero-order chi connectivity index (χ0) is 20.3. The van der Waals surface area contributed by atoms with Crippen LogP contribution in [0, 0.1) is 0 Å². The van der Waals surface area contributed by atoms with Gasteiger partial charge in [0.05, 0.1) is 19.3 Å². The molecule has 0 rings (SSSR count). The van der Waals surface area contributed by atoms with Crippen LogP contribution >= 0.6 is 0 Å². The molecule has 0 bridgehead atoms. The highest BCUT2D eigenvalue weighted by Gasteiger charge is 2.26. The Morgan fingerprint density at radius 2 is 1.37 bits per heavy atom. The summed E-state index contributed by atoms with van der Waals surface area (Å²) >= 11 is 0. The number of nitrogens with one attached hydrogen (secondary N) is 1. The Morgan fingerprint density at radius 1 is 0.852 bits per heavy atom. The summed E-state index contributed by atoms with van der Waals surface area (Å²) in [6.07, 6.45) is 5.86. The number of ether oxygens (including phenoxy) is 4. The van der Waals surface area contributed by atoms with Crippen LogP contribution in [-0.2, 0) is 23.7 Å². The minimum Gasteiger partial charge on any atom is -0.379 e. The van der Waals surface area contributed by atoms with Crippen molar-refractivity contribution in [2.45, 2.75) is 91.5 Å². The van der Waals surface area contributed by atoms with Crippen LogP contribution in [0.15, 0.2) is 0 Å². The summed E-state index contributed by atoms with van der Waals surface area (Å²) in [7, 11) is 0. The Balaban J connectivity index is 4.77. The lowest BCUT2D eigenvalue weighted by molar-refractivity contribution is -0.145. The van der Waals surface area contributed by atoms with Crippen LogP contribution in [0.3, 0.4) is 0 Å². The number of hydrogen-bond donors (Lipinski definition) is 1. The first-order chi connectivity index (χ1) is 13.0. The maximum absolute atomic E-state index is 11.2. The third-order valence-corrected chi connectivity index (χ3v) is 4.14. The SMILES string of the molecule is CCCCOCC(OC(C)CNC(C)=O)[C@H](COCCCC)OCCCC. The highest BCUT2D eigenvalue weighted by Crippen LogP contribution is 2.11. The van der Waals surface area contributed by atoms with Gasteiger partial charge in [-0.05, 0) is 26.2 Å². The van der Waals surface area contributed by atoms with E-state index in [1.54, 1.807) is 0 Å². The molecule has 0 aromatic rings. The van der Waals surface area contributed by atoms with E-state index in [2.05, 4.69) is 26.1 Å². The van der Waals surface area contributed by atoms with E-state index < -0.39 is 0 Å². The van der Waals surface area contributed by atoms with Crippen molar-refractivity contribution in [1.29, 1.82) is 0 Å². The van der Waals surface area contributed by atoms with Crippen molar-refractivity contribution in [3.8, 4) is 0 Å². The summed E-state index contributed by atoms with van der Waals surface area (Å²) in [5.41, 5.74) is 0. The van der Waals surface area contributed by atoms with E-state index in [4.69, 9.17) is 18.9 Å². The second kappa shape index (κ2) is 18.7. The van der Waals surface area contributed by atoms with Gasteiger partial charge in [0.2, 0.25) is 5.91 Å². The minimum atomic E-state index is -0.218. The van der Waals surface area contributed by atoms with Crippen LogP contribution in [0.2, 0.25) is 0 Å². The fourth-order valence-corrected chi connectivity index (χ4v) is 2.40. The lowest BCUT2D eigenvalue weighted by Gasteiger charge is -2.30. The molecule has 6 nitrogen and oxygen atoms in total. The van der Waals surface area contributed by atoms with Crippen molar-refractivity contribution in [2.75, 3.05) is 39.6 Å². The van der Waals surface area contributed by atoms with Crippen molar-refractivity contribution in [2.24, 2.45) is 0 Å². The van der Waals surface area contributed by atoms with Crippen molar-refractivity contribution >= 4 is 5.91 Å². The van der Waals surface area contributed by atoms with Crippen LogP contribution in [0.5, 0.6) is 0 Å². The van der Waals surface area contributed by atoms with Gasteiger partial charge in [0, 0.05) is 33.3 Å². The molecule has 0 saturated heterocycles. The highest BCUT2D eigenvalue weighted by molar-refractivity contribution is 5.72. The predicted octanol–water partition coefficient (Wildman–Crippen LogP) is 3.71. The van der Waals surface area contributed by atoms with Crippen LogP contribution in [0.25, 0.3) is 0 Å². The number of amides is 1. The molecule has 0 aliphatic heterocycles. The number of rotatable bonds is 19. The first kappa shape index (κ1) is 26.3. The van der Waals surface area contributed by atoms with E-state index in [-0.39, 0.29) is 24.2 Å². The molecule has 3 atom stereocenters.